The Labute approximate surface area is 306 Å². The SMILES string of the molecule is BrC1=Nc2c(Br)c1c(-c1ccccc1)c1ccc([nH]1)c(-c1ccccc1)c1nc(c(-c3ccccc3)c3ccc([nH]3)c2-c2ccccc2)C=C1. The van der Waals surface area contributed by atoms with Crippen molar-refractivity contribution < 1.29 is 0 Å². The Morgan fingerprint density at radius 1 is 0.380 bits per heavy atom. The Bertz CT molecular complexity index is 2640. The molecule has 7 aromatic rings. The van der Waals surface area contributed by atoms with E-state index < -0.39 is 0 Å². The second-order valence-corrected chi connectivity index (χ2v) is 13.7. The molecular weight excluding hydrogens is 744 g/mol. The maximum atomic E-state index is 5.36. The summed E-state index contributed by atoms with van der Waals surface area (Å²) in [5, 5.41) is 0. The molecule has 0 radical (unpaired) electrons. The zero-order chi connectivity index (χ0) is 33.6. The lowest BCUT2D eigenvalue weighted by atomic mass is 10.0. The van der Waals surface area contributed by atoms with E-state index >= 15 is 0 Å². The summed E-state index contributed by atoms with van der Waals surface area (Å²) in [6.45, 7) is 0. The summed E-state index contributed by atoms with van der Waals surface area (Å²) in [6, 6.07) is 50.5. The fourth-order valence-corrected chi connectivity index (χ4v) is 8.47. The lowest BCUT2D eigenvalue weighted by molar-refractivity contribution is 1.32. The molecule has 0 saturated heterocycles. The van der Waals surface area contributed by atoms with Crippen LogP contribution in [0.3, 0.4) is 0 Å². The van der Waals surface area contributed by atoms with Crippen LogP contribution >= 0.6 is 31.9 Å². The van der Waals surface area contributed by atoms with E-state index in [2.05, 4.69) is 175 Å². The number of H-pyrrole nitrogens is 2. The molecule has 3 aromatic heterocycles. The monoisotopic (exact) mass is 770 g/mol. The predicted molar refractivity (Wildman–Crippen MR) is 217 cm³/mol. The second-order valence-electron chi connectivity index (χ2n) is 12.2. The number of fused-ring (bicyclic) bond motifs is 8. The summed E-state index contributed by atoms with van der Waals surface area (Å²) >= 11 is 8.00. The molecule has 0 aliphatic carbocycles. The number of halogens is 2. The van der Waals surface area contributed by atoms with Gasteiger partial charge in [-0.05, 0) is 90.5 Å². The summed E-state index contributed by atoms with van der Waals surface area (Å²) in [4.78, 5) is 18.2. The van der Waals surface area contributed by atoms with Gasteiger partial charge in [0.1, 0.15) is 4.62 Å². The van der Waals surface area contributed by atoms with E-state index in [-0.39, 0.29) is 0 Å². The van der Waals surface area contributed by atoms with Gasteiger partial charge in [-0.25, -0.2) is 9.98 Å². The first kappa shape index (κ1) is 30.5. The van der Waals surface area contributed by atoms with Gasteiger partial charge in [-0.1, -0.05) is 121 Å². The molecule has 0 fully saturated rings. The van der Waals surface area contributed by atoms with E-state index in [9.17, 15) is 0 Å². The first-order valence-corrected chi connectivity index (χ1v) is 18.0. The summed E-state index contributed by atoms with van der Waals surface area (Å²) in [7, 11) is 0. The quantitative estimate of drug-likeness (QED) is 0.184. The van der Waals surface area contributed by atoms with Crippen molar-refractivity contribution in [3.05, 3.63) is 167 Å². The molecule has 0 amide bonds. The number of nitrogens with one attached hydrogen (secondary N) is 2. The number of hydrogen-bond donors (Lipinski definition) is 2. The zero-order valence-corrected chi connectivity index (χ0v) is 29.8. The van der Waals surface area contributed by atoms with Gasteiger partial charge in [0.15, 0.2) is 0 Å². The van der Waals surface area contributed by atoms with Crippen LogP contribution in [0, 0.1) is 0 Å². The van der Waals surface area contributed by atoms with Crippen molar-refractivity contribution in [3.8, 4) is 44.5 Å². The van der Waals surface area contributed by atoms with E-state index in [1.165, 1.54) is 0 Å². The highest BCUT2D eigenvalue weighted by molar-refractivity contribution is 9.18. The molecule has 0 atom stereocenters. The highest BCUT2D eigenvalue weighted by Gasteiger charge is 2.25. The second kappa shape index (κ2) is 12.7. The molecule has 5 heterocycles. The molecule has 0 saturated carbocycles. The maximum absolute atomic E-state index is 5.36. The van der Waals surface area contributed by atoms with Crippen molar-refractivity contribution in [3.63, 3.8) is 0 Å². The van der Waals surface area contributed by atoms with Crippen LogP contribution in [0.15, 0.2) is 155 Å². The van der Waals surface area contributed by atoms with Gasteiger partial charge in [0, 0.05) is 49.9 Å². The fraction of sp³-hybridized carbons (Fsp3) is 0. The average molecular weight is 773 g/mol. The third kappa shape index (κ3) is 5.28. The molecule has 6 heteroatoms. The number of aromatic nitrogens is 3. The molecule has 238 valence electrons. The van der Waals surface area contributed by atoms with Crippen LogP contribution < -0.4 is 0 Å². The van der Waals surface area contributed by atoms with Gasteiger partial charge in [0.05, 0.1) is 21.5 Å². The summed E-state index contributed by atoms with van der Waals surface area (Å²) in [6.07, 6.45) is 4.26. The molecule has 4 nitrogen and oxygen atoms in total. The minimum absolute atomic E-state index is 0.754. The van der Waals surface area contributed by atoms with Crippen LogP contribution in [0.25, 0.3) is 78.7 Å². The van der Waals surface area contributed by atoms with E-state index in [0.29, 0.717) is 0 Å². The molecule has 9 rings (SSSR count). The van der Waals surface area contributed by atoms with E-state index in [0.717, 1.165) is 98.3 Å². The van der Waals surface area contributed by atoms with Gasteiger partial charge in [0.2, 0.25) is 0 Å². The number of benzene rings is 4. The molecule has 2 aliphatic heterocycles. The minimum Gasteiger partial charge on any atom is -0.354 e. The molecule has 2 aliphatic rings. The number of hydrogen-bond acceptors (Lipinski definition) is 2. The Morgan fingerprint density at radius 3 is 1.18 bits per heavy atom. The van der Waals surface area contributed by atoms with Gasteiger partial charge in [0.25, 0.3) is 0 Å². The third-order valence-electron chi connectivity index (χ3n) is 9.18. The molecule has 50 heavy (non-hydrogen) atoms. The highest BCUT2D eigenvalue weighted by Crippen LogP contribution is 2.47. The smallest absolute Gasteiger partial charge is 0.115 e. The number of nitrogens with zero attached hydrogens (tertiary/aromatic N) is 2. The van der Waals surface area contributed by atoms with E-state index in [4.69, 9.17) is 9.98 Å². The molecule has 4 aromatic carbocycles. The summed E-state index contributed by atoms with van der Waals surface area (Å²) in [5.41, 5.74) is 15.8. The average Bonchev–Trinajstić information content (AvgIpc) is 3.98. The Hall–Kier alpha value is -5.56. The van der Waals surface area contributed by atoms with Crippen LogP contribution in [0.1, 0.15) is 17.0 Å². The molecule has 0 spiro atoms. The molecule has 8 bridgehead atoms. The van der Waals surface area contributed by atoms with E-state index in [1.54, 1.807) is 0 Å². The van der Waals surface area contributed by atoms with E-state index in [1.807, 2.05) is 24.3 Å². The Kier molecular flexibility index (Phi) is 7.76. The number of aliphatic imine (C=N–C) groups is 1. The third-order valence-corrected chi connectivity index (χ3v) is 10.5. The first-order valence-electron chi connectivity index (χ1n) is 16.4. The molecular formula is C44H28Br2N4. The van der Waals surface area contributed by atoms with Crippen LogP contribution in [0.2, 0.25) is 0 Å². The normalized spacial score (nSPS) is 12.2. The zero-order valence-electron chi connectivity index (χ0n) is 26.7. The number of aromatic amines is 2. The molecule has 0 unspecified atom stereocenters. The van der Waals surface area contributed by atoms with Crippen LogP contribution in [-0.2, 0) is 0 Å². The van der Waals surface area contributed by atoms with Gasteiger partial charge in [-0.2, -0.15) is 0 Å². The van der Waals surface area contributed by atoms with Crippen molar-refractivity contribution in [1.82, 2.24) is 15.0 Å². The largest absolute Gasteiger partial charge is 0.354 e. The summed E-state index contributed by atoms with van der Waals surface area (Å²) in [5.74, 6) is 0. The Balaban J connectivity index is 1.53. The predicted octanol–water partition coefficient (Wildman–Crippen LogP) is 13.0. The lowest BCUT2D eigenvalue weighted by Crippen LogP contribution is -1.92. The van der Waals surface area contributed by atoms with Gasteiger partial charge in [-0.3, -0.25) is 0 Å². The van der Waals surface area contributed by atoms with Crippen LogP contribution in [0.4, 0.5) is 5.69 Å². The van der Waals surface area contributed by atoms with Crippen molar-refractivity contribution in [2.75, 3.05) is 0 Å². The molecule has 2 N–H and O–H groups in total. The van der Waals surface area contributed by atoms with Crippen LogP contribution in [0.5, 0.6) is 0 Å². The van der Waals surface area contributed by atoms with Crippen molar-refractivity contribution in [2.24, 2.45) is 4.99 Å². The Morgan fingerprint density at radius 2 is 0.740 bits per heavy atom. The summed E-state index contributed by atoms with van der Waals surface area (Å²) < 4.78 is 1.66. The fourth-order valence-electron chi connectivity index (χ4n) is 6.96. The van der Waals surface area contributed by atoms with Gasteiger partial charge in [-0.15, -0.1) is 0 Å². The lowest BCUT2D eigenvalue weighted by Gasteiger charge is -2.08. The number of rotatable bonds is 4. The standard InChI is InChI=1S/C44H28Br2N4/c45-42-41-39(29-17-9-3-10-18-29)35-25-23-33(48-35)37(27-13-5-1-6-14-27)31-21-22-32(47-31)38(28-15-7-2-8-16-28)34-24-26-36(49-34)40(43(42)50-44(41)46)30-19-11-4-12-20-30/h1-26,48-49H. The first-order chi connectivity index (χ1) is 24.6. The van der Waals surface area contributed by atoms with Crippen molar-refractivity contribution in [1.29, 1.82) is 0 Å². The topological polar surface area (TPSA) is 56.8 Å². The van der Waals surface area contributed by atoms with Crippen LogP contribution in [-0.4, -0.2) is 19.6 Å². The van der Waals surface area contributed by atoms with Gasteiger partial charge < -0.3 is 9.97 Å². The van der Waals surface area contributed by atoms with Crippen molar-refractivity contribution >= 4 is 76.4 Å². The minimum atomic E-state index is 0.754. The maximum Gasteiger partial charge on any atom is 0.115 e. The van der Waals surface area contributed by atoms with Gasteiger partial charge >= 0.3 is 0 Å². The highest BCUT2D eigenvalue weighted by atomic mass is 79.9. The van der Waals surface area contributed by atoms with Crippen molar-refractivity contribution in [2.45, 2.75) is 0 Å².